The average Bonchev–Trinajstić information content (AvgIpc) is 3.21. The number of hydrogen-bond acceptors (Lipinski definition) is 7. The molecular formula is C23H29NO6. The molecule has 1 atom stereocenters. The van der Waals surface area contributed by atoms with Crippen LogP contribution in [0.15, 0.2) is 41.0 Å². The summed E-state index contributed by atoms with van der Waals surface area (Å²) in [6.45, 7) is 1.11. The summed E-state index contributed by atoms with van der Waals surface area (Å²) in [5.74, 6) is 1.59. The highest BCUT2D eigenvalue weighted by molar-refractivity contribution is 5.93. The fourth-order valence-electron chi connectivity index (χ4n) is 3.43. The van der Waals surface area contributed by atoms with Crippen LogP contribution in [0.1, 0.15) is 23.7 Å². The molecule has 2 aromatic carbocycles. The van der Waals surface area contributed by atoms with E-state index in [0.717, 1.165) is 5.56 Å². The highest BCUT2D eigenvalue weighted by Gasteiger charge is 2.28. The minimum absolute atomic E-state index is 0.215. The Labute approximate surface area is 176 Å². The maximum atomic E-state index is 11.1. The second-order valence-electron chi connectivity index (χ2n) is 7.35. The van der Waals surface area contributed by atoms with E-state index in [1.807, 2.05) is 31.1 Å². The van der Waals surface area contributed by atoms with Gasteiger partial charge in [-0.3, -0.25) is 0 Å². The summed E-state index contributed by atoms with van der Waals surface area (Å²) < 4.78 is 23.0. The standard InChI is InChI=1S/C23H29NO6/c1-24(2)12-14-30-22-19(18(26)10-7-15-5-8-16(25)9-6-15)20(27-3)17-11-13-29-21(17)23(22)28-4/h5-6,8-9,11,13,18,25-26H,7,10,12,14H2,1-4H3. The number of furan rings is 1. The molecule has 0 aliphatic rings. The van der Waals surface area contributed by atoms with Crippen molar-refractivity contribution in [2.45, 2.75) is 18.9 Å². The van der Waals surface area contributed by atoms with Gasteiger partial charge in [-0.25, -0.2) is 0 Å². The van der Waals surface area contributed by atoms with Gasteiger partial charge in [0, 0.05) is 6.54 Å². The molecule has 0 aliphatic heterocycles. The largest absolute Gasteiger partial charge is 0.508 e. The van der Waals surface area contributed by atoms with Crippen molar-refractivity contribution in [3.63, 3.8) is 0 Å². The highest BCUT2D eigenvalue weighted by Crippen LogP contribution is 2.49. The molecule has 3 aromatic rings. The van der Waals surface area contributed by atoms with Crippen molar-refractivity contribution in [1.29, 1.82) is 0 Å². The van der Waals surface area contributed by atoms with Crippen LogP contribution >= 0.6 is 0 Å². The van der Waals surface area contributed by atoms with Crippen molar-refractivity contribution in [2.24, 2.45) is 0 Å². The molecule has 0 fully saturated rings. The van der Waals surface area contributed by atoms with Gasteiger partial charge in [-0.15, -0.1) is 0 Å². The lowest BCUT2D eigenvalue weighted by molar-refractivity contribution is 0.155. The van der Waals surface area contributed by atoms with Crippen LogP contribution < -0.4 is 14.2 Å². The first kappa shape index (κ1) is 21.8. The predicted octanol–water partition coefficient (Wildman–Crippen LogP) is 3.76. The topological polar surface area (TPSA) is 84.5 Å². The Kier molecular flexibility index (Phi) is 7.07. The Balaban J connectivity index is 1.99. The number of benzene rings is 2. The van der Waals surface area contributed by atoms with Crippen molar-refractivity contribution >= 4 is 11.0 Å². The summed E-state index contributed by atoms with van der Waals surface area (Å²) >= 11 is 0. The minimum Gasteiger partial charge on any atom is -0.508 e. The fraction of sp³-hybridized carbons (Fsp3) is 0.391. The number of methoxy groups -OCH3 is 2. The number of aryl methyl sites for hydroxylation is 1. The zero-order valence-electron chi connectivity index (χ0n) is 17.8. The van der Waals surface area contributed by atoms with Gasteiger partial charge in [0.15, 0.2) is 11.3 Å². The van der Waals surface area contributed by atoms with Gasteiger partial charge in [0.2, 0.25) is 5.75 Å². The lowest BCUT2D eigenvalue weighted by Crippen LogP contribution is -2.20. The highest BCUT2D eigenvalue weighted by atomic mass is 16.5. The molecule has 0 aliphatic carbocycles. The van der Waals surface area contributed by atoms with Gasteiger partial charge < -0.3 is 33.7 Å². The first-order valence-electron chi connectivity index (χ1n) is 9.84. The van der Waals surface area contributed by atoms with Gasteiger partial charge in [0.05, 0.1) is 37.5 Å². The summed E-state index contributed by atoms with van der Waals surface area (Å²) in [5.41, 5.74) is 2.07. The minimum atomic E-state index is -0.851. The number of fused-ring (bicyclic) bond motifs is 1. The Bertz CT molecular complexity index is 964. The molecule has 7 heteroatoms. The van der Waals surface area contributed by atoms with Gasteiger partial charge in [-0.2, -0.15) is 0 Å². The lowest BCUT2D eigenvalue weighted by atomic mass is 9.97. The number of likely N-dealkylation sites (N-methyl/N-ethyl adjacent to an activating group) is 1. The zero-order chi connectivity index (χ0) is 21.7. The molecule has 0 saturated heterocycles. The molecule has 3 rings (SSSR count). The molecule has 2 N–H and O–H groups in total. The number of phenols is 1. The summed E-state index contributed by atoms with van der Waals surface area (Å²) in [6, 6.07) is 8.75. The van der Waals surface area contributed by atoms with Crippen molar-refractivity contribution in [2.75, 3.05) is 41.5 Å². The number of aliphatic hydroxyl groups excluding tert-OH is 1. The monoisotopic (exact) mass is 415 g/mol. The number of aliphatic hydroxyl groups is 1. The van der Waals surface area contributed by atoms with Crippen LogP contribution in [0.4, 0.5) is 0 Å². The number of phenolic OH excluding ortho intramolecular Hbond substituents is 1. The van der Waals surface area contributed by atoms with E-state index in [1.165, 1.54) is 0 Å². The molecule has 1 unspecified atom stereocenters. The van der Waals surface area contributed by atoms with Crippen molar-refractivity contribution in [1.82, 2.24) is 4.90 Å². The maximum Gasteiger partial charge on any atom is 0.205 e. The quantitative estimate of drug-likeness (QED) is 0.521. The van der Waals surface area contributed by atoms with Gasteiger partial charge in [-0.05, 0) is 50.7 Å². The second-order valence-corrected chi connectivity index (χ2v) is 7.35. The average molecular weight is 415 g/mol. The molecule has 0 radical (unpaired) electrons. The van der Waals surface area contributed by atoms with E-state index in [-0.39, 0.29) is 5.75 Å². The number of aromatic hydroxyl groups is 1. The van der Waals surface area contributed by atoms with Crippen molar-refractivity contribution in [3.8, 4) is 23.0 Å². The fourth-order valence-corrected chi connectivity index (χ4v) is 3.43. The Morgan fingerprint density at radius 2 is 1.70 bits per heavy atom. The lowest BCUT2D eigenvalue weighted by Gasteiger charge is -2.22. The molecule has 1 aromatic heterocycles. The maximum absolute atomic E-state index is 11.1. The van der Waals surface area contributed by atoms with Crippen LogP contribution in [0.3, 0.4) is 0 Å². The van der Waals surface area contributed by atoms with E-state index < -0.39 is 6.10 Å². The van der Waals surface area contributed by atoms with Gasteiger partial charge in [-0.1, -0.05) is 12.1 Å². The second kappa shape index (κ2) is 9.73. The van der Waals surface area contributed by atoms with Crippen molar-refractivity contribution < 1.29 is 28.8 Å². The van der Waals surface area contributed by atoms with Crippen molar-refractivity contribution in [3.05, 3.63) is 47.7 Å². The number of hydrogen-bond donors (Lipinski definition) is 2. The molecular weight excluding hydrogens is 386 g/mol. The molecule has 162 valence electrons. The van der Waals surface area contributed by atoms with Gasteiger partial charge in [0.1, 0.15) is 18.1 Å². The third kappa shape index (κ3) is 4.63. The van der Waals surface area contributed by atoms with Crippen LogP contribution in [0.2, 0.25) is 0 Å². The Morgan fingerprint density at radius 1 is 1.00 bits per heavy atom. The van der Waals surface area contributed by atoms with E-state index >= 15 is 0 Å². The van der Waals surface area contributed by atoms with E-state index in [4.69, 9.17) is 18.6 Å². The molecule has 0 saturated carbocycles. The van der Waals surface area contributed by atoms with Crippen LogP contribution in [0.25, 0.3) is 11.0 Å². The Hall–Kier alpha value is -2.90. The van der Waals surface area contributed by atoms with E-state index in [2.05, 4.69) is 0 Å². The first-order chi connectivity index (χ1) is 14.5. The smallest absolute Gasteiger partial charge is 0.205 e. The van der Waals surface area contributed by atoms with E-state index in [9.17, 15) is 10.2 Å². The third-order valence-corrected chi connectivity index (χ3v) is 4.98. The summed E-state index contributed by atoms with van der Waals surface area (Å²) in [6.07, 6.45) is 1.77. The summed E-state index contributed by atoms with van der Waals surface area (Å²) in [4.78, 5) is 2.01. The van der Waals surface area contributed by atoms with Gasteiger partial charge >= 0.3 is 0 Å². The zero-order valence-corrected chi connectivity index (χ0v) is 17.8. The van der Waals surface area contributed by atoms with Crippen LogP contribution in [0, 0.1) is 0 Å². The van der Waals surface area contributed by atoms with E-state index in [1.54, 1.807) is 38.7 Å². The third-order valence-electron chi connectivity index (χ3n) is 4.98. The molecule has 0 spiro atoms. The van der Waals surface area contributed by atoms with Crippen LogP contribution in [-0.4, -0.2) is 56.6 Å². The SMILES string of the molecule is COc1c(C(O)CCc2ccc(O)cc2)c(OCCN(C)C)c(OC)c2occc12. The molecule has 30 heavy (non-hydrogen) atoms. The first-order valence-corrected chi connectivity index (χ1v) is 9.84. The van der Waals surface area contributed by atoms with Gasteiger partial charge in [0.25, 0.3) is 0 Å². The molecule has 1 heterocycles. The summed E-state index contributed by atoms with van der Waals surface area (Å²) in [5, 5.41) is 21.3. The number of ether oxygens (including phenoxy) is 3. The Morgan fingerprint density at radius 3 is 2.33 bits per heavy atom. The molecule has 0 amide bonds. The normalized spacial score (nSPS) is 12.3. The number of rotatable bonds is 10. The molecule has 7 nitrogen and oxygen atoms in total. The molecule has 0 bridgehead atoms. The van der Waals surface area contributed by atoms with Crippen LogP contribution in [0.5, 0.6) is 23.0 Å². The summed E-state index contributed by atoms with van der Waals surface area (Å²) in [7, 11) is 7.04. The van der Waals surface area contributed by atoms with Crippen LogP contribution in [-0.2, 0) is 6.42 Å². The van der Waals surface area contributed by atoms with E-state index in [0.29, 0.717) is 59.8 Å². The predicted molar refractivity (Wildman–Crippen MR) is 115 cm³/mol. The number of nitrogens with zero attached hydrogens (tertiary/aromatic N) is 1.